The molecule has 1 amide bonds. The number of halogens is 4. The van der Waals surface area contributed by atoms with Gasteiger partial charge in [0.1, 0.15) is 21.0 Å². The molecule has 33 heavy (non-hydrogen) atoms. The first-order valence-corrected chi connectivity index (χ1v) is 11.8. The SMILES string of the molecule is CCc1cccc(CNC[C@H](O)[C@H](Cc2cc(F)cc(F)c2)NC(=O)c2nsc(Cl)c2Cl)c1. The summed E-state index contributed by atoms with van der Waals surface area (Å²) in [6.07, 6.45) is -0.162. The van der Waals surface area contributed by atoms with Gasteiger partial charge in [-0.3, -0.25) is 4.79 Å². The minimum Gasteiger partial charge on any atom is -0.390 e. The number of carbonyl (C=O) groups excluding carboxylic acids is 1. The van der Waals surface area contributed by atoms with E-state index in [1.807, 2.05) is 18.2 Å². The molecule has 3 aromatic rings. The highest BCUT2D eigenvalue weighted by Crippen LogP contribution is 2.29. The molecule has 3 N–H and O–H groups in total. The minimum absolute atomic E-state index is 0.00985. The molecule has 0 bridgehead atoms. The van der Waals surface area contributed by atoms with E-state index >= 15 is 0 Å². The number of nitrogens with one attached hydrogen (secondary N) is 2. The molecule has 2 atom stereocenters. The van der Waals surface area contributed by atoms with E-state index in [1.54, 1.807) is 0 Å². The first-order chi connectivity index (χ1) is 15.8. The second kappa shape index (κ2) is 11.9. The van der Waals surface area contributed by atoms with Crippen LogP contribution in [0.2, 0.25) is 9.36 Å². The van der Waals surface area contributed by atoms with Crippen molar-refractivity contribution in [3.63, 3.8) is 0 Å². The summed E-state index contributed by atoms with van der Waals surface area (Å²) >= 11 is 12.8. The number of aliphatic hydroxyl groups excluding tert-OH is 1. The topological polar surface area (TPSA) is 74.2 Å². The molecule has 0 saturated heterocycles. The molecule has 0 saturated carbocycles. The van der Waals surface area contributed by atoms with Gasteiger partial charge in [0.2, 0.25) is 0 Å². The van der Waals surface area contributed by atoms with Crippen LogP contribution in [0, 0.1) is 11.6 Å². The van der Waals surface area contributed by atoms with Gasteiger partial charge in [-0.15, -0.1) is 0 Å². The highest BCUT2D eigenvalue weighted by atomic mass is 35.5. The van der Waals surface area contributed by atoms with Crippen LogP contribution in [0.4, 0.5) is 8.78 Å². The van der Waals surface area contributed by atoms with Gasteiger partial charge in [-0.2, -0.15) is 4.37 Å². The van der Waals surface area contributed by atoms with E-state index < -0.39 is 29.7 Å². The summed E-state index contributed by atoms with van der Waals surface area (Å²) in [6, 6.07) is 10.3. The zero-order valence-corrected chi connectivity index (χ0v) is 20.1. The van der Waals surface area contributed by atoms with Crippen LogP contribution in [0.3, 0.4) is 0 Å². The smallest absolute Gasteiger partial charge is 0.272 e. The second-order valence-corrected chi connectivity index (χ2v) is 9.31. The van der Waals surface area contributed by atoms with Crippen molar-refractivity contribution < 1.29 is 18.7 Å². The Labute approximate surface area is 204 Å². The van der Waals surface area contributed by atoms with Gasteiger partial charge < -0.3 is 15.7 Å². The number of rotatable bonds is 10. The van der Waals surface area contributed by atoms with Crippen molar-refractivity contribution in [2.45, 2.75) is 38.5 Å². The molecule has 0 aliphatic carbocycles. The highest BCUT2D eigenvalue weighted by Gasteiger charge is 2.26. The van der Waals surface area contributed by atoms with Crippen molar-refractivity contribution in [3.05, 3.63) is 85.8 Å². The summed E-state index contributed by atoms with van der Waals surface area (Å²) in [6.45, 7) is 2.71. The summed E-state index contributed by atoms with van der Waals surface area (Å²) in [5.41, 5.74) is 2.47. The van der Waals surface area contributed by atoms with Gasteiger partial charge in [0.15, 0.2) is 5.69 Å². The molecule has 1 aromatic heterocycles. The predicted molar refractivity (Wildman–Crippen MR) is 127 cm³/mol. The number of nitrogens with zero attached hydrogens (tertiary/aromatic N) is 1. The first-order valence-electron chi connectivity index (χ1n) is 10.3. The Morgan fingerprint density at radius 3 is 2.45 bits per heavy atom. The molecule has 176 valence electrons. The van der Waals surface area contributed by atoms with Crippen molar-refractivity contribution in [1.82, 2.24) is 15.0 Å². The summed E-state index contributed by atoms with van der Waals surface area (Å²) in [5.74, 6) is -2.12. The van der Waals surface area contributed by atoms with Gasteiger partial charge in [-0.1, -0.05) is 54.4 Å². The number of benzene rings is 2. The van der Waals surface area contributed by atoms with Crippen molar-refractivity contribution in [2.75, 3.05) is 6.54 Å². The lowest BCUT2D eigenvalue weighted by atomic mass is 10.00. The Hall–Kier alpha value is -2.10. The summed E-state index contributed by atoms with van der Waals surface area (Å²) in [4.78, 5) is 12.7. The molecule has 0 spiro atoms. The number of carbonyl (C=O) groups is 1. The van der Waals surface area contributed by atoms with Crippen molar-refractivity contribution in [3.8, 4) is 0 Å². The number of aryl methyl sites for hydroxylation is 1. The molecule has 0 aliphatic heterocycles. The Morgan fingerprint density at radius 2 is 1.82 bits per heavy atom. The number of amides is 1. The van der Waals surface area contributed by atoms with Gasteiger partial charge >= 0.3 is 0 Å². The number of aliphatic hydroxyl groups is 1. The fourth-order valence-electron chi connectivity index (χ4n) is 3.37. The maximum Gasteiger partial charge on any atom is 0.272 e. The Morgan fingerprint density at radius 1 is 1.12 bits per heavy atom. The molecule has 0 aliphatic rings. The van der Waals surface area contributed by atoms with Crippen LogP contribution in [0.1, 0.15) is 34.1 Å². The fraction of sp³-hybridized carbons (Fsp3) is 0.304. The van der Waals surface area contributed by atoms with E-state index in [1.165, 1.54) is 5.56 Å². The lowest BCUT2D eigenvalue weighted by molar-refractivity contribution is 0.0826. The average molecular weight is 514 g/mol. The monoisotopic (exact) mass is 513 g/mol. The van der Waals surface area contributed by atoms with Gasteiger partial charge in [0.05, 0.1) is 12.1 Å². The van der Waals surface area contributed by atoms with Gasteiger partial charge in [0, 0.05) is 19.2 Å². The quantitative estimate of drug-likeness (QED) is 0.364. The van der Waals surface area contributed by atoms with Crippen LogP contribution in [0.15, 0.2) is 42.5 Å². The summed E-state index contributed by atoms with van der Waals surface area (Å²) in [5, 5.41) is 16.7. The second-order valence-electron chi connectivity index (χ2n) is 7.55. The molecule has 0 unspecified atom stereocenters. The third kappa shape index (κ3) is 7.19. The van der Waals surface area contributed by atoms with Gasteiger partial charge in [-0.25, -0.2) is 8.78 Å². The third-order valence-electron chi connectivity index (χ3n) is 5.05. The van der Waals surface area contributed by atoms with E-state index in [-0.39, 0.29) is 33.6 Å². The summed E-state index contributed by atoms with van der Waals surface area (Å²) < 4.78 is 31.4. The largest absolute Gasteiger partial charge is 0.390 e. The molecule has 10 heteroatoms. The zero-order chi connectivity index (χ0) is 24.0. The predicted octanol–water partition coefficient (Wildman–Crippen LogP) is 4.78. The van der Waals surface area contributed by atoms with Crippen LogP contribution in [-0.4, -0.2) is 34.1 Å². The zero-order valence-electron chi connectivity index (χ0n) is 17.7. The van der Waals surface area contributed by atoms with Crippen molar-refractivity contribution >= 4 is 40.6 Å². The molecular weight excluding hydrogens is 491 g/mol. The van der Waals surface area contributed by atoms with Crippen LogP contribution in [0.25, 0.3) is 0 Å². The van der Waals surface area contributed by atoms with E-state index in [0.29, 0.717) is 6.54 Å². The molecule has 0 radical (unpaired) electrons. The molecule has 3 rings (SSSR count). The maximum absolute atomic E-state index is 13.7. The van der Waals surface area contributed by atoms with Crippen LogP contribution in [0.5, 0.6) is 0 Å². The number of hydrogen-bond donors (Lipinski definition) is 3. The van der Waals surface area contributed by atoms with Crippen LogP contribution in [-0.2, 0) is 19.4 Å². The Bertz CT molecular complexity index is 1090. The molecule has 2 aromatic carbocycles. The van der Waals surface area contributed by atoms with Crippen molar-refractivity contribution in [1.29, 1.82) is 0 Å². The fourth-order valence-corrected chi connectivity index (χ4v) is 4.37. The van der Waals surface area contributed by atoms with Gasteiger partial charge in [-0.05, 0) is 53.2 Å². The lowest BCUT2D eigenvalue weighted by Crippen LogP contribution is -2.48. The lowest BCUT2D eigenvalue weighted by Gasteiger charge is -2.25. The maximum atomic E-state index is 13.7. The molecule has 0 fully saturated rings. The molecule has 5 nitrogen and oxygen atoms in total. The Kier molecular flexibility index (Phi) is 9.17. The summed E-state index contributed by atoms with van der Waals surface area (Å²) in [7, 11) is 0. The van der Waals surface area contributed by atoms with E-state index in [2.05, 4.69) is 28.0 Å². The normalized spacial score (nSPS) is 13.0. The first kappa shape index (κ1) is 25.5. The molecular formula is C23H23Cl2F2N3O2S. The highest BCUT2D eigenvalue weighted by molar-refractivity contribution is 7.11. The Balaban J connectivity index is 1.71. The number of aromatic nitrogens is 1. The van der Waals surface area contributed by atoms with E-state index in [9.17, 15) is 18.7 Å². The number of hydrogen-bond acceptors (Lipinski definition) is 5. The molecule has 1 heterocycles. The van der Waals surface area contributed by atoms with Crippen LogP contribution >= 0.6 is 34.7 Å². The average Bonchev–Trinajstić information content (AvgIpc) is 3.11. The van der Waals surface area contributed by atoms with Crippen LogP contribution < -0.4 is 10.6 Å². The van der Waals surface area contributed by atoms with E-state index in [0.717, 1.165) is 41.7 Å². The van der Waals surface area contributed by atoms with Crippen molar-refractivity contribution in [2.24, 2.45) is 0 Å². The van der Waals surface area contributed by atoms with E-state index in [4.69, 9.17) is 23.2 Å². The minimum atomic E-state index is -1.07. The third-order valence-corrected chi connectivity index (χ3v) is 6.66. The standard InChI is InChI=1S/C23H23Cl2F2N3O2S/c1-2-13-4-3-5-14(6-13)11-28-12-19(31)18(9-15-7-16(26)10-17(27)8-15)29-23(32)21-20(24)22(25)33-30-21/h3-8,10,18-19,28,31H,2,9,11-12H2,1H3,(H,29,32)/t18-,19-/m0/s1. The van der Waals surface area contributed by atoms with Gasteiger partial charge in [0.25, 0.3) is 5.91 Å².